The topological polar surface area (TPSA) is 34.1 Å². The van der Waals surface area contributed by atoms with E-state index in [4.69, 9.17) is 0 Å². The van der Waals surface area contributed by atoms with Gasteiger partial charge in [0.15, 0.2) is 5.78 Å². The Morgan fingerprint density at radius 2 is 1.26 bits per heavy atom. The zero-order valence-electron chi connectivity index (χ0n) is 22.0. The second kappa shape index (κ2) is 13.0. The Morgan fingerprint density at radius 1 is 0.714 bits per heavy atom. The van der Waals surface area contributed by atoms with Crippen LogP contribution in [-0.4, -0.2) is 11.9 Å². The van der Waals surface area contributed by atoms with Gasteiger partial charge in [-0.1, -0.05) is 124 Å². The molecule has 0 saturated carbocycles. The molecule has 1 atom stereocenters. The molecular formula is C32H41O2P. The summed E-state index contributed by atoms with van der Waals surface area (Å²) < 4.78 is 14.8. The van der Waals surface area contributed by atoms with Gasteiger partial charge in [0, 0.05) is 27.9 Å². The molecule has 0 saturated heterocycles. The van der Waals surface area contributed by atoms with E-state index in [1.54, 1.807) is 0 Å². The minimum Gasteiger partial charge on any atom is -0.314 e. The lowest BCUT2D eigenvalue weighted by Gasteiger charge is -2.22. The SMILES string of the molecule is CCCCCCCCCCP(=O)(c1ccccc1)c1ccccc1C(=O)c1c(C)cc(C)cc1C. The van der Waals surface area contributed by atoms with Crippen LogP contribution in [0.5, 0.6) is 0 Å². The van der Waals surface area contributed by atoms with E-state index in [0.29, 0.717) is 17.0 Å². The number of aryl methyl sites for hydroxylation is 3. The molecule has 0 bridgehead atoms. The van der Waals surface area contributed by atoms with Crippen LogP contribution in [0.4, 0.5) is 0 Å². The summed E-state index contributed by atoms with van der Waals surface area (Å²) in [6.45, 7) is 8.28. The fourth-order valence-electron chi connectivity index (χ4n) is 5.18. The lowest BCUT2D eigenvalue weighted by atomic mass is 9.93. The molecule has 0 radical (unpaired) electrons. The smallest absolute Gasteiger partial charge is 0.194 e. The molecule has 0 fully saturated rings. The van der Waals surface area contributed by atoms with Crippen LogP contribution in [0.25, 0.3) is 0 Å². The molecule has 3 aromatic carbocycles. The highest BCUT2D eigenvalue weighted by Crippen LogP contribution is 2.45. The maximum atomic E-state index is 14.8. The predicted octanol–water partition coefficient (Wildman–Crippen LogP) is 8.30. The number of rotatable bonds is 13. The van der Waals surface area contributed by atoms with Crippen LogP contribution in [0.15, 0.2) is 66.7 Å². The monoisotopic (exact) mass is 488 g/mol. The lowest BCUT2D eigenvalue weighted by molar-refractivity contribution is 0.103. The lowest BCUT2D eigenvalue weighted by Crippen LogP contribution is -2.25. The third-order valence-corrected chi connectivity index (χ3v) is 10.2. The summed E-state index contributed by atoms with van der Waals surface area (Å²) in [4.78, 5) is 13.9. The van der Waals surface area contributed by atoms with E-state index in [2.05, 4.69) is 26.0 Å². The van der Waals surface area contributed by atoms with Gasteiger partial charge in [-0.15, -0.1) is 0 Å². The van der Waals surface area contributed by atoms with Crippen molar-refractivity contribution in [3.63, 3.8) is 0 Å². The van der Waals surface area contributed by atoms with Gasteiger partial charge >= 0.3 is 0 Å². The first-order valence-electron chi connectivity index (χ1n) is 13.2. The average molecular weight is 489 g/mol. The van der Waals surface area contributed by atoms with Gasteiger partial charge in [0.05, 0.1) is 0 Å². The zero-order valence-corrected chi connectivity index (χ0v) is 22.9. The molecule has 1 unspecified atom stereocenters. The standard InChI is InChI=1S/C32H41O2P/c1-5-6-7-8-9-10-11-17-22-35(34,28-18-13-12-14-19-28)30-21-16-15-20-29(30)32(33)31-26(3)23-25(2)24-27(31)4/h12-16,18-21,23-24H,5-11,17,22H2,1-4H3. The molecule has 0 aliphatic rings. The minimum atomic E-state index is -2.96. The molecule has 186 valence electrons. The van der Waals surface area contributed by atoms with Gasteiger partial charge in [-0.05, 0) is 38.3 Å². The summed E-state index contributed by atoms with van der Waals surface area (Å²) >= 11 is 0. The van der Waals surface area contributed by atoms with Crippen molar-refractivity contribution >= 4 is 23.5 Å². The Labute approximate surface area is 212 Å². The molecule has 0 aliphatic carbocycles. The van der Waals surface area contributed by atoms with E-state index < -0.39 is 7.14 Å². The Bertz CT molecular complexity index is 1140. The molecule has 0 N–H and O–H groups in total. The van der Waals surface area contributed by atoms with E-state index in [0.717, 1.165) is 40.4 Å². The summed E-state index contributed by atoms with van der Waals surface area (Å²) in [5.41, 5.74) is 4.40. The first kappa shape index (κ1) is 27.2. The molecule has 0 spiro atoms. The first-order chi connectivity index (χ1) is 16.9. The number of benzene rings is 3. The number of carbonyl (C=O) groups is 1. The maximum Gasteiger partial charge on any atom is 0.194 e. The number of hydrogen-bond donors (Lipinski definition) is 0. The fourth-order valence-corrected chi connectivity index (χ4v) is 8.17. The van der Waals surface area contributed by atoms with Gasteiger partial charge in [0.25, 0.3) is 0 Å². The summed E-state index contributed by atoms with van der Waals surface area (Å²) in [5, 5.41) is 1.55. The van der Waals surface area contributed by atoms with Crippen molar-refractivity contribution in [2.24, 2.45) is 0 Å². The van der Waals surface area contributed by atoms with Crippen molar-refractivity contribution in [1.29, 1.82) is 0 Å². The van der Waals surface area contributed by atoms with E-state index in [-0.39, 0.29) is 5.78 Å². The van der Waals surface area contributed by atoms with Crippen molar-refractivity contribution in [1.82, 2.24) is 0 Å². The second-order valence-corrected chi connectivity index (χ2v) is 12.8. The first-order valence-corrected chi connectivity index (χ1v) is 15.1. The van der Waals surface area contributed by atoms with Crippen molar-refractivity contribution in [3.8, 4) is 0 Å². The Balaban J connectivity index is 1.91. The maximum absolute atomic E-state index is 14.8. The molecule has 0 heterocycles. The van der Waals surface area contributed by atoms with Crippen molar-refractivity contribution in [3.05, 3.63) is 94.5 Å². The van der Waals surface area contributed by atoms with Crippen LogP contribution in [0.2, 0.25) is 0 Å². The number of carbonyl (C=O) groups excluding carboxylic acids is 1. The van der Waals surface area contributed by atoms with Gasteiger partial charge in [-0.3, -0.25) is 4.79 Å². The van der Waals surface area contributed by atoms with E-state index in [1.165, 1.54) is 38.5 Å². The number of ketones is 1. The fraction of sp³-hybridized carbons (Fsp3) is 0.406. The van der Waals surface area contributed by atoms with E-state index in [1.807, 2.05) is 68.4 Å². The molecular weight excluding hydrogens is 447 g/mol. The largest absolute Gasteiger partial charge is 0.314 e. The molecule has 3 rings (SSSR count). The molecule has 3 aromatic rings. The van der Waals surface area contributed by atoms with Crippen LogP contribution < -0.4 is 10.6 Å². The predicted molar refractivity (Wildman–Crippen MR) is 151 cm³/mol. The summed E-state index contributed by atoms with van der Waals surface area (Å²) in [6.07, 6.45) is 10.2. The highest BCUT2D eigenvalue weighted by Gasteiger charge is 2.31. The molecule has 0 aliphatic heterocycles. The Morgan fingerprint density at radius 3 is 1.89 bits per heavy atom. The normalized spacial score (nSPS) is 12.9. The van der Waals surface area contributed by atoms with Crippen molar-refractivity contribution in [2.75, 3.05) is 6.16 Å². The van der Waals surface area contributed by atoms with Gasteiger partial charge in [-0.25, -0.2) is 0 Å². The van der Waals surface area contributed by atoms with Gasteiger partial charge in [0.2, 0.25) is 0 Å². The van der Waals surface area contributed by atoms with E-state index >= 15 is 0 Å². The summed E-state index contributed by atoms with van der Waals surface area (Å²) in [5.74, 6) is -0.0253. The van der Waals surface area contributed by atoms with Crippen LogP contribution in [-0.2, 0) is 4.57 Å². The molecule has 35 heavy (non-hydrogen) atoms. The summed E-state index contributed by atoms with van der Waals surface area (Å²) in [6, 6.07) is 21.5. The van der Waals surface area contributed by atoms with Crippen molar-refractivity contribution in [2.45, 2.75) is 79.1 Å². The molecule has 0 amide bonds. The quantitative estimate of drug-likeness (QED) is 0.138. The molecule has 2 nitrogen and oxygen atoms in total. The van der Waals surface area contributed by atoms with Gasteiger partial charge in [-0.2, -0.15) is 0 Å². The second-order valence-electron chi connectivity index (χ2n) is 9.89. The van der Waals surface area contributed by atoms with Gasteiger partial charge < -0.3 is 4.57 Å². The van der Waals surface area contributed by atoms with Crippen LogP contribution in [0.1, 0.15) is 90.9 Å². The number of hydrogen-bond acceptors (Lipinski definition) is 2. The highest BCUT2D eigenvalue weighted by atomic mass is 31.2. The minimum absolute atomic E-state index is 0.0253. The third kappa shape index (κ3) is 6.83. The van der Waals surface area contributed by atoms with Crippen LogP contribution >= 0.6 is 7.14 Å². The average Bonchev–Trinajstić information content (AvgIpc) is 2.85. The third-order valence-electron chi connectivity index (χ3n) is 6.94. The van der Waals surface area contributed by atoms with Crippen LogP contribution in [0.3, 0.4) is 0 Å². The molecule has 0 aromatic heterocycles. The van der Waals surface area contributed by atoms with Crippen LogP contribution in [0, 0.1) is 20.8 Å². The van der Waals surface area contributed by atoms with E-state index in [9.17, 15) is 9.36 Å². The molecule has 3 heteroatoms. The number of unbranched alkanes of at least 4 members (excludes halogenated alkanes) is 7. The highest BCUT2D eigenvalue weighted by molar-refractivity contribution is 7.78. The van der Waals surface area contributed by atoms with Crippen molar-refractivity contribution < 1.29 is 9.36 Å². The Kier molecular flexibility index (Phi) is 10.1. The Hall–Kier alpha value is -2.44. The zero-order chi connectivity index (χ0) is 25.3. The summed E-state index contributed by atoms with van der Waals surface area (Å²) in [7, 11) is -2.96. The van der Waals surface area contributed by atoms with Gasteiger partial charge in [0.1, 0.15) is 7.14 Å².